The average molecular weight is 462 g/mol. The van der Waals surface area contributed by atoms with Crippen molar-refractivity contribution in [2.75, 3.05) is 43.3 Å². The Labute approximate surface area is 201 Å². The second kappa shape index (κ2) is 10.6. The summed E-state index contributed by atoms with van der Waals surface area (Å²) >= 11 is 0. The minimum absolute atomic E-state index is 0.194. The first kappa shape index (κ1) is 23.7. The number of ether oxygens (including phenoxy) is 1. The molecule has 2 amide bonds. The van der Waals surface area contributed by atoms with Crippen molar-refractivity contribution in [3.05, 3.63) is 54.1 Å². The molecule has 0 unspecified atom stereocenters. The van der Waals surface area contributed by atoms with E-state index >= 15 is 0 Å². The topological polar surface area (TPSA) is 78.5 Å². The smallest absolute Gasteiger partial charge is 0.319 e. The number of rotatable bonds is 7. The van der Waals surface area contributed by atoms with Crippen molar-refractivity contribution in [1.29, 1.82) is 0 Å². The Hall–Kier alpha value is -3.48. The largest absolute Gasteiger partial charge is 0.495 e. The zero-order valence-electron chi connectivity index (χ0n) is 20.5. The SMILES string of the molecule is COc1ccc(C)cc1NC(=O)NC[C@H]1CC[C@@H](Nc2cc(N(C)C)c3ccccc3n2)CC1. The fraction of sp³-hybridized carbons (Fsp3) is 0.407. The second-order valence-corrected chi connectivity index (χ2v) is 9.34. The highest BCUT2D eigenvalue weighted by Gasteiger charge is 2.22. The van der Waals surface area contributed by atoms with Crippen molar-refractivity contribution >= 4 is 34.1 Å². The number of urea groups is 1. The Morgan fingerprint density at radius 2 is 1.85 bits per heavy atom. The van der Waals surface area contributed by atoms with Gasteiger partial charge in [-0.25, -0.2) is 9.78 Å². The van der Waals surface area contributed by atoms with Gasteiger partial charge in [-0.3, -0.25) is 0 Å². The van der Waals surface area contributed by atoms with Gasteiger partial charge < -0.3 is 25.6 Å². The van der Waals surface area contributed by atoms with E-state index in [-0.39, 0.29) is 6.03 Å². The fourth-order valence-electron chi connectivity index (χ4n) is 4.64. The van der Waals surface area contributed by atoms with E-state index in [2.05, 4.69) is 59.2 Å². The van der Waals surface area contributed by atoms with Gasteiger partial charge in [-0.05, 0) is 62.3 Å². The summed E-state index contributed by atoms with van der Waals surface area (Å²) < 4.78 is 5.34. The molecule has 180 valence electrons. The van der Waals surface area contributed by atoms with E-state index in [1.165, 1.54) is 5.69 Å². The van der Waals surface area contributed by atoms with Crippen LogP contribution in [0.1, 0.15) is 31.2 Å². The Morgan fingerprint density at radius 3 is 2.59 bits per heavy atom. The summed E-state index contributed by atoms with van der Waals surface area (Å²) in [6.45, 7) is 2.66. The monoisotopic (exact) mass is 461 g/mol. The summed E-state index contributed by atoms with van der Waals surface area (Å²) in [5, 5.41) is 10.8. The number of nitrogens with zero attached hydrogens (tertiary/aromatic N) is 2. The zero-order valence-corrected chi connectivity index (χ0v) is 20.5. The predicted molar refractivity (Wildman–Crippen MR) is 140 cm³/mol. The number of aryl methyl sites for hydroxylation is 1. The molecule has 1 saturated carbocycles. The first-order chi connectivity index (χ1) is 16.4. The van der Waals surface area contributed by atoms with E-state index in [0.29, 0.717) is 29.9 Å². The van der Waals surface area contributed by atoms with Crippen molar-refractivity contribution in [3.8, 4) is 5.75 Å². The number of anilines is 3. The number of hydrogen-bond acceptors (Lipinski definition) is 5. The third-order valence-corrected chi connectivity index (χ3v) is 6.53. The van der Waals surface area contributed by atoms with Crippen LogP contribution in [0.2, 0.25) is 0 Å². The van der Waals surface area contributed by atoms with Crippen LogP contribution < -0.4 is 25.6 Å². The summed E-state index contributed by atoms with van der Waals surface area (Å²) in [5.41, 5.74) is 3.93. The van der Waals surface area contributed by atoms with Gasteiger partial charge in [-0.2, -0.15) is 0 Å². The van der Waals surface area contributed by atoms with E-state index in [0.717, 1.165) is 48.0 Å². The quantitative estimate of drug-likeness (QED) is 0.438. The van der Waals surface area contributed by atoms with Gasteiger partial charge in [0.2, 0.25) is 0 Å². The molecule has 0 saturated heterocycles. The number of carbonyl (C=O) groups excluding carboxylic acids is 1. The summed E-state index contributed by atoms with van der Waals surface area (Å²) in [5.74, 6) is 2.06. The normalized spacial score (nSPS) is 17.8. The molecule has 1 aliphatic carbocycles. The molecule has 0 spiro atoms. The lowest BCUT2D eigenvalue weighted by Crippen LogP contribution is -2.36. The lowest BCUT2D eigenvalue weighted by atomic mass is 9.86. The molecular formula is C27H35N5O2. The van der Waals surface area contributed by atoms with Gasteiger partial charge in [0.05, 0.1) is 18.3 Å². The molecule has 4 rings (SSSR count). The molecule has 1 fully saturated rings. The molecule has 7 heteroatoms. The van der Waals surface area contributed by atoms with Gasteiger partial charge in [0, 0.05) is 43.8 Å². The Kier molecular flexibility index (Phi) is 7.40. The Balaban J connectivity index is 1.28. The number of pyridine rings is 1. The summed E-state index contributed by atoms with van der Waals surface area (Å²) in [7, 11) is 5.73. The van der Waals surface area contributed by atoms with E-state index in [4.69, 9.17) is 9.72 Å². The second-order valence-electron chi connectivity index (χ2n) is 9.34. The van der Waals surface area contributed by atoms with Crippen LogP contribution in [0.5, 0.6) is 5.75 Å². The molecule has 34 heavy (non-hydrogen) atoms. The van der Waals surface area contributed by atoms with Crippen LogP contribution in [0.15, 0.2) is 48.5 Å². The number of hydrogen-bond donors (Lipinski definition) is 3. The summed E-state index contributed by atoms with van der Waals surface area (Å²) in [6.07, 6.45) is 4.26. The van der Waals surface area contributed by atoms with E-state index in [9.17, 15) is 4.79 Å². The third kappa shape index (κ3) is 5.71. The molecule has 0 radical (unpaired) electrons. The zero-order chi connectivity index (χ0) is 24.1. The van der Waals surface area contributed by atoms with Crippen LogP contribution in [-0.2, 0) is 0 Å². The molecule has 7 nitrogen and oxygen atoms in total. The van der Waals surface area contributed by atoms with Crippen LogP contribution in [-0.4, -0.2) is 44.8 Å². The maximum atomic E-state index is 12.4. The minimum atomic E-state index is -0.194. The van der Waals surface area contributed by atoms with Crippen LogP contribution in [0.25, 0.3) is 10.9 Å². The molecule has 1 aromatic heterocycles. The molecule has 0 aliphatic heterocycles. The molecule has 2 aromatic carbocycles. The Bertz CT molecular complexity index is 1140. The minimum Gasteiger partial charge on any atom is -0.495 e. The van der Waals surface area contributed by atoms with Gasteiger partial charge in [0.1, 0.15) is 11.6 Å². The van der Waals surface area contributed by atoms with E-state index in [1.54, 1.807) is 7.11 Å². The van der Waals surface area contributed by atoms with Crippen molar-refractivity contribution in [2.45, 2.75) is 38.6 Å². The highest BCUT2D eigenvalue weighted by atomic mass is 16.5. The van der Waals surface area contributed by atoms with Crippen molar-refractivity contribution < 1.29 is 9.53 Å². The molecule has 1 aliphatic rings. The Morgan fingerprint density at radius 1 is 1.09 bits per heavy atom. The number of para-hydroxylation sites is 1. The van der Waals surface area contributed by atoms with Crippen molar-refractivity contribution in [2.24, 2.45) is 5.92 Å². The van der Waals surface area contributed by atoms with Gasteiger partial charge in [-0.15, -0.1) is 0 Å². The number of nitrogens with one attached hydrogen (secondary N) is 3. The van der Waals surface area contributed by atoms with E-state index < -0.39 is 0 Å². The van der Waals surface area contributed by atoms with Gasteiger partial charge in [0.25, 0.3) is 0 Å². The van der Waals surface area contributed by atoms with Gasteiger partial charge >= 0.3 is 6.03 Å². The standard InChI is InChI=1S/C27H35N5O2/c1-18-9-14-25(34-4)23(15-18)31-27(33)28-17-19-10-12-20(13-11-19)29-26-16-24(32(2)3)21-7-5-6-8-22(21)30-26/h5-9,14-16,19-20H,10-13,17H2,1-4H3,(H,29,30)(H2,28,31,33)/t19-,20+. The number of methoxy groups -OCH3 is 1. The number of fused-ring (bicyclic) bond motifs is 1. The van der Waals surface area contributed by atoms with E-state index in [1.807, 2.05) is 31.2 Å². The number of benzene rings is 2. The van der Waals surface area contributed by atoms with Crippen molar-refractivity contribution in [1.82, 2.24) is 10.3 Å². The van der Waals surface area contributed by atoms with Crippen LogP contribution >= 0.6 is 0 Å². The lowest BCUT2D eigenvalue weighted by Gasteiger charge is -2.30. The number of carbonyl (C=O) groups is 1. The first-order valence-corrected chi connectivity index (χ1v) is 12.0. The highest BCUT2D eigenvalue weighted by molar-refractivity contribution is 5.93. The molecule has 0 atom stereocenters. The van der Waals surface area contributed by atoms with Gasteiger partial charge in [-0.1, -0.05) is 24.3 Å². The predicted octanol–water partition coefficient (Wildman–Crippen LogP) is 5.41. The van der Waals surface area contributed by atoms with Crippen molar-refractivity contribution in [3.63, 3.8) is 0 Å². The molecule has 1 heterocycles. The fourth-order valence-corrected chi connectivity index (χ4v) is 4.64. The van der Waals surface area contributed by atoms with Gasteiger partial charge in [0.15, 0.2) is 0 Å². The number of amides is 2. The molecular weight excluding hydrogens is 426 g/mol. The third-order valence-electron chi connectivity index (χ3n) is 6.53. The molecule has 3 aromatic rings. The first-order valence-electron chi connectivity index (χ1n) is 12.0. The van der Waals surface area contributed by atoms with Crippen LogP contribution in [0.3, 0.4) is 0 Å². The highest BCUT2D eigenvalue weighted by Crippen LogP contribution is 2.30. The van der Waals surface area contributed by atoms with Crippen LogP contribution in [0.4, 0.5) is 22.0 Å². The molecule has 3 N–H and O–H groups in total. The number of aromatic nitrogens is 1. The average Bonchev–Trinajstić information content (AvgIpc) is 2.83. The van der Waals surface area contributed by atoms with Crippen LogP contribution in [0, 0.1) is 12.8 Å². The summed E-state index contributed by atoms with van der Waals surface area (Å²) in [6, 6.07) is 16.3. The molecule has 0 bridgehead atoms. The maximum Gasteiger partial charge on any atom is 0.319 e. The summed E-state index contributed by atoms with van der Waals surface area (Å²) in [4.78, 5) is 19.4. The maximum absolute atomic E-state index is 12.4. The lowest BCUT2D eigenvalue weighted by molar-refractivity contribution is 0.246.